The van der Waals surface area contributed by atoms with Crippen LogP contribution in [0.4, 0.5) is 5.69 Å². The van der Waals surface area contributed by atoms with Gasteiger partial charge < -0.3 is 10.8 Å². The maximum absolute atomic E-state index is 10.1. The minimum atomic E-state index is -0.565. The van der Waals surface area contributed by atoms with E-state index < -0.39 is 6.10 Å². The molecule has 0 saturated heterocycles. The lowest BCUT2D eigenvalue weighted by Gasteiger charge is -2.13. The van der Waals surface area contributed by atoms with Crippen molar-refractivity contribution in [3.63, 3.8) is 0 Å². The molecule has 1 aromatic carbocycles. The van der Waals surface area contributed by atoms with E-state index in [-0.39, 0.29) is 0 Å². The molecule has 0 radical (unpaired) electrons. The summed E-state index contributed by atoms with van der Waals surface area (Å²) in [5.74, 6) is 0. The molecule has 1 unspecified atom stereocenters. The number of aliphatic hydroxyl groups excluding tert-OH is 1. The predicted molar refractivity (Wildman–Crippen MR) is 78.5 cm³/mol. The summed E-state index contributed by atoms with van der Waals surface area (Å²) in [7, 11) is 0. The van der Waals surface area contributed by atoms with Gasteiger partial charge in [0.25, 0.3) is 0 Å². The number of nitrogens with two attached hydrogens (primary N) is 1. The molecule has 0 aliphatic heterocycles. The fraction of sp³-hybridized carbons (Fsp3) is 0.214. The van der Waals surface area contributed by atoms with E-state index in [1.165, 1.54) is 0 Å². The molecular weight excluding hydrogens is 283 g/mol. The number of anilines is 1. The average molecular weight is 297 g/mol. The van der Waals surface area contributed by atoms with Crippen LogP contribution in [0, 0.1) is 0 Å². The first-order valence-corrected chi connectivity index (χ1v) is 6.62. The van der Waals surface area contributed by atoms with Gasteiger partial charge >= 0.3 is 0 Å². The van der Waals surface area contributed by atoms with Crippen LogP contribution >= 0.6 is 23.2 Å². The number of rotatable bonds is 4. The summed E-state index contributed by atoms with van der Waals surface area (Å²) in [4.78, 5) is 4.00. The van der Waals surface area contributed by atoms with Crippen molar-refractivity contribution in [2.45, 2.75) is 18.9 Å². The van der Waals surface area contributed by atoms with Gasteiger partial charge in [0, 0.05) is 41.0 Å². The number of benzene rings is 1. The Bertz CT molecular complexity index is 575. The van der Waals surface area contributed by atoms with Crippen LogP contribution in [0.1, 0.15) is 11.1 Å². The number of hydrogen-bond acceptors (Lipinski definition) is 3. The van der Waals surface area contributed by atoms with Crippen molar-refractivity contribution >= 4 is 28.9 Å². The topological polar surface area (TPSA) is 59.1 Å². The standard InChI is InChI=1S/C14H14Cl2N2O/c15-11-2-1-9(13(16)7-11)5-12(19)6-10-8-18-4-3-14(10)17/h1-4,7-8,12,19H,5-6H2,(H2,17,18). The first kappa shape index (κ1) is 14.1. The van der Waals surface area contributed by atoms with Gasteiger partial charge in [0.2, 0.25) is 0 Å². The molecule has 0 spiro atoms. The molecule has 0 saturated carbocycles. The number of hydrogen-bond donors (Lipinski definition) is 2. The maximum atomic E-state index is 10.1. The second-order valence-electron chi connectivity index (χ2n) is 4.37. The molecule has 3 nitrogen and oxygen atoms in total. The third-order valence-corrected chi connectivity index (χ3v) is 3.45. The third-order valence-electron chi connectivity index (χ3n) is 2.87. The SMILES string of the molecule is Nc1ccncc1CC(O)Cc1ccc(Cl)cc1Cl. The number of aromatic nitrogens is 1. The Labute approximate surface area is 122 Å². The molecule has 0 aliphatic rings. The maximum Gasteiger partial charge on any atom is 0.0622 e. The van der Waals surface area contributed by atoms with E-state index in [4.69, 9.17) is 28.9 Å². The number of aliphatic hydroxyl groups is 1. The molecule has 1 atom stereocenters. The molecule has 0 amide bonds. The van der Waals surface area contributed by atoms with E-state index >= 15 is 0 Å². The Kier molecular flexibility index (Phi) is 4.64. The Morgan fingerprint density at radius 2 is 1.89 bits per heavy atom. The van der Waals surface area contributed by atoms with Gasteiger partial charge in [-0.25, -0.2) is 0 Å². The van der Waals surface area contributed by atoms with Crippen molar-refractivity contribution in [2.75, 3.05) is 5.73 Å². The van der Waals surface area contributed by atoms with Crippen LogP contribution in [0.2, 0.25) is 10.0 Å². The second kappa shape index (κ2) is 6.24. The number of halogens is 2. The summed E-state index contributed by atoms with van der Waals surface area (Å²) < 4.78 is 0. The largest absolute Gasteiger partial charge is 0.398 e. The highest BCUT2D eigenvalue weighted by Crippen LogP contribution is 2.23. The van der Waals surface area contributed by atoms with Gasteiger partial charge in [-0.1, -0.05) is 29.3 Å². The van der Waals surface area contributed by atoms with Crippen LogP contribution in [-0.4, -0.2) is 16.2 Å². The first-order valence-electron chi connectivity index (χ1n) is 5.86. The van der Waals surface area contributed by atoms with Crippen LogP contribution in [0.5, 0.6) is 0 Å². The van der Waals surface area contributed by atoms with E-state index in [0.29, 0.717) is 28.6 Å². The van der Waals surface area contributed by atoms with Gasteiger partial charge in [-0.15, -0.1) is 0 Å². The molecule has 0 bridgehead atoms. The van der Waals surface area contributed by atoms with Crippen molar-refractivity contribution in [1.29, 1.82) is 0 Å². The van der Waals surface area contributed by atoms with Crippen LogP contribution < -0.4 is 5.73 Å². The molecular formula is C14H14Cl2N2O. The number of nitrogen functional groups attached to an aromatic ring is 1. The van der Waals surface area contributed by atoms with Gasteiger partial charge in [0.05, 0.1) is 6.10 Å². The Morgan fingerprint density at radius 3 is 2.58 bits per heavy atom. The van der Waals surface area contributed by atoms with Gasteiger partial charge in [-0.3, -0.25) is 4.98 Å². The first-order chi connectivity index (χ1) is 9.06. The van der Waals surface area contributed by atoms with Crippen molar-refractivity contribution in [2.24, 2.45) is 0 Å². The van der Waals surface area contributed by atoms with E-state index in [9.17, 15) is 5.11 Å². The molecule has 2 rings (SSSR count). The third kappa shape index (κ3) is 3.83. The molecule has 1 aromatic heterocycles. The lowest BCUT2D eigenvalue weighted by Crippen LogP contribution is -2.15. The quantitative estimate of drug-likeness (QED) is 0.911. The lowest BCUT2D eigenvalue weighted by molar-refractivity contribution is 0.175. The molecule has 1 heterocycles. The molecule has 100 valence electrons. The van der Waals surface area contributed by atoms with Gasteiger partial charge in [0.1, 0.15) is 0 Å². The predicted octanol–water partition coefficient (Wildman–Crippen LogP) is 3.12. The summed E-state index contributed by atoms with van der Waals surface area (Å²) in [6.45, 7) is 0. The average Bonchev–Trinajstić information content (AvgIpc) is 2.36. The van der Waals surface area contributed by atoms with Crippen LogP contribution in [-0.2, 0) is 12.8 Å². The van der Waals surface area contributed by atoms with Crippen molar-refractivity contribution in [1.82, 2.24) is 4.98 Å². The normalized spacial score (nSPS) is 12.4. The molecule has 0 fully saturated rings. The highest BCUT2D eigenvalue weighted by molar-refractivity contribution is 6.35. The Hall–Kier alpha value is -1.29. The summed E-state index contributed by atoms with van der Waals surface area (Å²) >= 11 is 11.9. The fourth-order valence-corrected chi connectivity index (χ4v) is 2.36. The van der Waals surface area contributed by atoms with Crippen LogP contribution in [0.3, 0.4) is 0 Å². The highest BCUT2D eigenvalue weighted by atomic mass is 35.5. The van der Waals surface area contributed by atoms with Crippen molar-refractivity contribution < 1.29 is 5.11 Å². The van der Waals surface area contributed by atoms with Gasteiger partial charge in [0.15, 0.2) is 0 Å². The Morgan fingerprint density at radius 1 is 1.16 bits per heavy atom. The zero-order valence-electron chi connectivity index (χ0n) is 10.2. The molecule has 19 heavy (non-hydrogen) atoms. The minimum absolute atomic E-state index is 0.443. The second-order valence-corrected chi connectivity index (χ2v) is 5.22. The Balaban J connectivity index is 2.05. The minimum Gasteiger partial charge on any atom is -0.398 e. The van der Waals surface area contributed by atoms with Gasteiger partial charge in [-0.05, 0) is 29.3 Å². The van der Waals surface area contributed by atoms with Crippen molar-refractivity contribution in [3.05, 3.63) is 57.8 Å². The van der Waals surface area contributed by atoms with Crippen LogP contribution in [0.25, 0.3) is 0 Å². The molecule has 0 aliphatic carbocycles. The van der Waals surface area contributed by atoms with E-state index in [0.717, 1.165) is 11.1 Å². The lowest BCUT2D eigenvalue weighted by atomic mass is 10.0. The fourth-order valence-electron chi connectivity index (χ4n) is 1.88. The molecule has 3 N–H and O–H groups in total. The number of pyridine rings is 1. The molecule has 2 aromatic rings. The molecule has 5 heteroatoms. The summed E-state index contributed by atoms with van der Waals surface area (Å²) in [5, 5.41) is 11.2. The van der Waals surface area contributed by atoms with Gasteiger partial charge in [-0.2, -0.15) is 0 Å². The summed E-state index contributed by atoms with van der Waals surface area (Å²) in [6, 6.07) is 6.97. The van der Waals surface area contributed by atoms with E-state index in [1.807, 2.05) is 6.07 Å². The zero-order valence-corrected chi connectivity index (χ0v) is 11.7. The summed E-state index contributed by atoms with van der Waals surface area (Å²) in [6.07, 6.45) is 3.62. The van der Waals surface area contributed by atoms with Crippen LogP contribution in [0.15, 0.2) is 36.7 Å². The highest BCUT2D eigenvalue weighted by Gasteiger charge is 2.11. The van der Waals surface area contributed by atoms with E-state index in [2.05, 4.69) is 4.98 Å². The van der Waals surface area contributed by atoms with E-state index in [1.54, 1.807) is 30.6 Å². The smallest absolute Gasteiger partial charge is 0.0622 e. The summed E-state index contributed by atoms with van der Waals surface area (Å²) in [5.41, 5.74) is 8.15. The van der Waals surface area contributed by atoms with Crippen molar-refractivity contribution in [3.8, 4) is 0 Å². The number of nitrogens with zero attached hydrogens (tertiary/aromatic N) is 1. The monoisotopic (exact) mass is 296 g/mol. The zero-order chi connectivity index (χ0) is 13.8.